The maximum atomic E-state index is 11.9. The highest BCUT2D eigenvalue weighted by atomic mass is 19.4. The number of carbonyl (C=O) groups excluding carboxylic acids is 1. The van der Waals surface area contributed by atoms with Gasteiger partial charge in [-0.3, -0.25) is 4.79 Å². The van der Waals surface area contributed by atoms with Crippen LogP contribution in [0.1, 0.15) is 12.0 Å². The van der Waals surface area contributed by atoms with Crippen molar-refractivity contribution >= 4 is 34.2 Å². The van der Waals surface area contributed by atoms with Crippen molar-refractivity contribution in [1.29, 1.82) is 0 Å². The van der Waals surface area contributed by atoms with E-state index < -0.39 is 12.1 Å². The first kappa shape index (κ1) is 20.2. The molecule has 1 aliphatic heterocycles. The molecule has 2 aromatic rings. The molecule has 1 aromatic heterocycles. The van der Waals surface area contributed by atoms with E-state index in [1.807, 2.05) is 18.2 Å². The highest BCUT2D eigenvalue weighted by molar-refractivity contribution is 5.94. The van der Waals surface area contributed by atoms with Crippen molar-refractivity contribution in [3.8, 4) is 0 Å². The third-order valence-corrected chi connectivity index (χ3v) is 4.00. The first-order valence-corrected chi connectivity index (χ1v) is 7.77. The number of amides is 1. The minimum absolute atomic E-state index is 0.0244. The van der Waals surface area contributed by atoms with Gasteiger partial charge < -0.3 is 27.2 Å². The summed E-state index contributed by atoms with van der Waals surface area (Å²) < 4.78 is 31.7. The summed E-state index contributed by atoms with van der Waals surface area (Å²) in [6.07, 6.45) is -2.74. The van der Waals surface area contributed by atoms with E-state index in [1.165, 1.54) is 0 Å². The zero-order valence-corrected chi connectivity index (χ0v) is 14.0. The molecule has 27 heavy (non-hydrogen) atoms. The summed E-state index contributed by atoms with van der Waals surface area (Å²) in [6.45, 7) is 1.13. The number of alkyl halides is 3. The number of carboxylic acid groups (broad SMARTS) is 1. The average Bonchev–Trinajstić information content (AvgIpc) is 2.88. The number of nitrogens with zero attached hydrogens (tertiary/aromatic N) is 2. The van der Waals surface area contributed by atoms with Crippen molar-refractivity contribution in [3.05, 3.63) is 30.0 Å². The quantitative estimate of drug-likeness (QED) is 0.565. The number of nitrogen functional groups attached to an aromatic ring is 2. The Morgan fingerprint density at radius 3 is 2.48 bits per heavy atom. The van der Waals surface area contributed by atoms with Gasteiger partial charge in [0.1, 0.15) is 5.82 Å². The zero-order chi connectivity index (χ0) is 20.4. The summed E-state index contributed by atoms with van der Waals surface area (Å²) in [4.78, 5) is 26.6. The summed E-state index contributed by atoms with van der Waals surface area (Å²) in [5.41, 5.74) is 19.2. The highest BCUT2D eigenvalue weighted by Crippen LogP contribution is 2.27. The normalized spacial score (nSPS) is 17.0. The molecule has 11 heteroatoms. The lowest BCUT2D eigenvalue weighted by molar-refractivity contribution is -0.192. The number of likely N-dealkylation sites (tertiary alicyclic amines) is 1. The third kappa shape index (κ3) is 4.76. The molecule has 8 nitrogen and oxygen atoms in total. The third-order valence-electron chi connectivity index (χ3n) is 4.00. The Morgan fingerprint density at radius 2 is 1.96 bits per heavy atom. The largest absolute Gasteiger partial charge is 0.490 e. The van der Waals surface area contributed by atoms with Gasteiger partial charge in [0.05, 0.1) is 6.04 Å². The van der Waals surface area contributed by atoms with Gasteiger partial charge in [-0.05, 0) is 35.6 Å². The highest BCUT2D eigenvalue weighted by Gasteiger charge is 2.38. The van der Waals surface area contributed by atoms with Gasteiger partial charge in [-0.25, -0.2) is 9.78 Å². The van der Waals surface area contributed by atoms with E-state index in [0.29, 0.717) is 31.0 Å². The Kier molecular flexibility index (Phi) is 5.74. The second-order valence-corrected chi connectivity index (χ2v) is 5.93. The van der Waals surface area contributed by atoms with Crippen LogP contribution in [-0.2, 0) is 16.1 Å². The molecule has 0 radical (unpaired) electrons. The maximum absolute atomic E-state index is 11.9. The van der Waals surface area contributed by atoms with E-state index in [2.05, 4.69) is 4.98 Å². The minimum Gasteiger partial charge on any atom is -0.475 e. The molecule has 0 bridgehead atoms. The topological polar surface area (TPSA) is 149 Å². The number of carbonyl (C=O) groups is 2. The summed E-state index contributed by atoms with van der Waals surface area (Å²) in [5, 5.41) is 8.93. The number of aliphatic carboxylic acids is 1. The predicted octanol–water partition coefficient (Wildman–Crippen LogP) is 1.09. The molecule has 3 rings (SSSR count). The van der Waals surface area contributed by atoms with Crippen molar-refractivity contribution in [2.24, 2.45) is 5.73 Å². The molecule has 1 aliphatic rings. The summed E-state index contributed by atoms with van der Waals surface area (Å²) in [5.74, 6) is -2.32. The van der Waals surface area contributed by atoms with Gasteiger partial charge in [0.15, 0.2) is 0 Å². The van der Waals surface area contributed by atoms with Gasteiger partial charge >= 0.3 is 12.1 Å². The number of anilines is 2. The number of halogens is 3. The molecule has 0 saturated carbocycles. The number of carboxylic acids is 1. The molecule has 1 amide bonds. The monoisotopic (exact) mass is 385 g/mol. The molecular weight excluding hydrogens is 367 g/mol. The van der Waals surface area contributed by atoms with Crippen LogP contribution in [0.25, 0.3) is 10.8 Å². The number of hydrogen-bond acceptors (Lipinski definition) is 6. The van der Waals surface area contributed by atoms with Gasteiger partial charge in [-0.1, -0.05) is 0 Å². The van der Waals surface area contributed by atoms with E-state index in [1.54, 1.807) is 11.1 Å². The van der Waals surface area contributed by atoms with Gasteiger partial charge in [-0.2, -0.15) is 13.2 Å². The Hall–Kier alpha value is -3.08. The predicted molar refractivity (Wildman–Crippen MR) is 92.3 cm³/mol. The van der Waals surface area contributed by atoms with E-state index in [4.69, 9.17) is 27.1 Å². The first-order chi connectivity index (χ1) is 12.5. The zero-order valence-electron chi connectivity index (χ0n) is 14.0. The number of nitrogens with two attached hydrogens (primary N) is 3. The van der Waals surface area contributed by atoms with Crippen molar-refractivity contribution in [2.45, 2.75) is 25.2 Å². The van der Waals surface area contributed by atoms with Gasteiger partial charge in [0, 0.05) is 30.4 Å². The van der Waals surface area contributed by atoms with Crippen LogP contribution in [0, 0.1) is 0 Å². The number of hydrogen-bond donors (Lipinski definition) is 4. The van der Waals surface area contributed by atoms with Crippen LogP contribution >= 0.6 is 0 Å². The number of benzene rings is 1. The van der Waals surface area contributed by atoms with Crippen LogP contribution in [0.5, 0.6) is 0 Å². The standard InChI is InChI=1S/C14H17N5O.C2HF3O2/c15-11-2-4-19(14(11)20)7-9-5-10-8(6-12(9)16)1-3-18-13(10)17;3-2(4,5)1(6)7/h1,3,5-6,11H,2,4,7,15-16H2,(H2,17,18);(H,6,7). The summed E-state index contributed by atoms with van der Waals surface area (Å²) in [7, 11) is 0. The molecule has 146 valence electrons. The molecule has 0 spiro atoms. The molecule has 1 aromatic carbocycles. The van der Waals surface area contributed by atoms with Crippen molar-refractivity contribution in [3.63, 3.8) is 0 Å². The number of aromatic nitrogens is 1. The molecule has 7 N–H and O–H groups in total. The summed E-state index contributed by atoms with van der Waals surface area (Å²) in [6, 6.07) is 5.25. The number of fused-ring (bicyclic) bond motifs is 1. The lowest BCUT2D eigenvalue weighted by atomic mass is 10.1. The smallest absolute Gasteiger partial charge is 0.475 e. The molecule has 1 unspecified atom stereocenters. The molecular formula is C16H18F3N5O3. The van der Waals surface area contributed by atoms with Crippen molar-refractivity contribution in [1.82, 2.24) is 9.88 Å². The van der Waals surface area contributed by atoms with Crippen molar-refractivity contribution in [2.75, 3.05) is 18.0 Å². The summed E-state index contributed by atoms with van der Waals surface area (Å²) >= 11 is 0. The van der Waals surface area contributed by atoms with Crippen LogP contribution in [0.4, 0.5) is 24.7 Å². The average molecular weight is 385 g/mol. The first-order valence-electron chi connectivity index (χ1n) is 7.77. The van der Waals surface area contributed by atoms with Crippen LogP contribution in [0.2, 0.25) is 0 Å². The molecule has 2 heterocycles. The van der Waals surface area contributed by atoms with E-state index in [0.717, 1.165) is 16.3 Å². The van der Waals surface area contributed by atoms with Crippen LogP contribution in [0.15, 0.2) is 24.4 Å². The Labute approximate surface area is 151 Å². The fraction of sp³-hybridized carbons (Fsp3) is 0.312. The second kappa shape index (κ2) is 7.66. The van der Waals surface area contributed by atoms with Gasteiger partial charge in [0.2, 0.25) is 5.91 Å². The molecule has 1 fully saturated rings. The Bertz CT molecular complexity index is 872. The van der Waals surface area contributed by atoms with Gasteiger partial charge in [-0.15, -0.1) is 0 Å². The van der Waals surface area contributed by atoms with E-state index in [9.17, 15) is 18.0 Å². The second-order valence-electron chi connectivity index (χ2n) is 5.93. The minimum atomic E-state index is -5.08. The number of rotatable bonds is 2. The lowest BCUT2D eigenvalue weighted by Crippen LogP contribution is -2.33. The molecule has 1 saturated heterocycles. The van der Waals surface area contributed by atoms with Crippen LogP contribution in [0.3, 0.4) is 0 Å². The van der Waals surface area contributed by atoms with Crippen LogP contribution in [-0.4, -0.2) is 45.6 Å². The van der Waals surface area contributed by atoms with E-state index >= 15 is 0 Å². The molecule has 1 atom stereocenters. The van der Waals surface area contributed by atoms with E-state index in [-0.39, 0.29) is 11.9 Å². The van der Waals surface area contributed by atoms with Gasteiger partial charge in [0.25, 0.3) is 0 Å². The molecule has 0 aliphatic carbocycles. The Morgan fingerprint density at radius 1 is 1.33 bits per heavy atom. The van der Waals surface area contributed by atoms with Crippen LogP contribution < -0.4 is 17.2 Å². The van der Waals surface area contributed by atoms with Crippen molar-refractivity contribution < 1.29 is 27.9 Å². The Balaban J connectivity index is 0.000000321. The fourth-order valence-electron chi connectivity index (χ4n) is 2.57. The maximum Gasteiger partial charge on any atom is 0.490 e. The number of pyridine rings is 1. The fourth-order valence-corrected chi connectivity index (χ4v) is 2.57. The lowest BCUT2D eigenvalue weighted by Gasteiger charge is -2.18. The SMILES string of the molecule is Nc1cc2ccnc(N)c2cc1CN1CCC(N)C1=O.O=C(O)C(F)(F)F.